The lowest BCUT2D eigenvalue weighted by Crippen LogP contribution is -2.44. The van der Waals surface area contributed by atoms with E-state index in [-0.39, 0.29) is 30.7 Å². The van der Waals surface area contributed by atoms with E-state index in [4.69, 9.17) is 9.47 Å². The average molecular weight is 507 g/mol. The number of hydrogen-bond donors (Lipinski definition) is 0. The van der Waals surface area contributed by atoms with Crippen LogP contribution in [0, 0.1) is 0 Å². The Morgan fingerprint density at radius 2 is 1.39 bits per heavy atom. The number of aliphatic imine (C=N–C) groups is 2. The van der Waals surface area contributed by atoms with Gasteiger partial charge in [-0.25, -0.2) is 0 Å². The summed E-state index contributed by atoms with van der Waals surface area (Å²) in [4.78, 5) is 39.2. The highest BCUT2D eigenvalue weighted by atomic mass is 16.7. The van der Waals surface area contributed by atoms with Gasteiger partial charge in [-0.15, -0.1) is 0 Å². The molecule has 1 saturated heterocycles. The molecule has 0 aromatic heterocycles. The maximum absolute atomic E-state index is 13.4. The molecule has 2 atom stereocenters. The molecule has 4 aliphatic rings. The van der Waals surface area contributed by atoms with Crippen molar-refractivity contribution in [1.29, 1.82) is 0 Å². The highest BCUT2D eigenvalue weighted by molar-refractivity contribution is 6.03. The Bertz CT molecular complexity index is 1510. The summed E-state index contributed by atoms with van der Waals surface area (Å²) in [6, 6.07) is 18.8. The number of ether oxygens (including phenoxy) is 2. The molecule has 38 heavy (non-hydrogen) atoms. The second-order valence-electron chi connectivity index (χ2n) is 10.0. The van der Waals surface area contributed by atoms with Crippen molar-refractivity contribution in [2.45, 2.75) is 37.9 Å². The lowest BCUT2D eigenvalue weighted by molar-refractivity contribution is 0.0703. The number of benzene rings is 3. The predicted octanol–water partition coefficient (Wildman–Crippen LogP) is 4.71. The summed E-state index contributed by atoms with van der Waals surface area (Å²) in [6.45, 7) is 1.31. The SMILES string of the molecule is O=C1c2ccc(OCOc3ccc4c(c3)N=C[C@@H]3Cc5ccccc5CN3C4=O)cc2N=C[C@@H]2CCCN12. The van der Waals surface area contributed by atoms with Crippen LogP contribution in [0.1, 0.15) is 44.7 Å². The van der Waals surface area contributed by atoms with E-state index in [9.17, 15) is 9.59 Å². The molecule has 8 heteroatoms. The van der Waals surface area contributed by atoms with E-state index in [0.717, 1.165) is 25.8 Å². The van der Waals surface area contributed by atoms with Crippen LogP contribution in [0.5, 0.6) is 11.5 Å². The number of carbonyl (C=O) groups is 2. The van der Waals surface area contributed by atoms with Gasteiger partial charge in [-0.05, 0) is 54.7 Å². The number of fused-ring (bicyclic) bond motifs is 5. The standard InChI is InChI=1S/C30H26N4O4/c35-29-25-9-7-23(13-27(25)31-15-21-6-3-11-33(21)29)37-18-38-24-8-10-26-28(14-24)32-16-22-12-19-4-1-2-5-20(19)17-34(22)30(26)36/h1-2,4-5,7-10,13-16,21-22H,3,6,11-12,17-18H2/t21-,22-/m0/s1. The van der Waals surface area contributed by atoms with Crippen LogP contribution >= 0.6 is 0 Å². The first kappa shape index (κ1) is 22.7. The second kappa shape index (κ2) is 9.13. The zero-order chi connectivity index (χ0) is 25.6. The van der Waals surface area contributed by atoms with Crippen LogP contribution in [0.3, 0.4) is 0 Å². The number of carbonyl (C=O) groups excluding carboxylic acids is 2. The first-order valence-electron chi connectivity index (χ1n) is 12.9. The van der Waals surface area contributed by atoms with E-state index in [1.807, 2.05) is 34.4 Å². The quantitative estimate of drug-likeness (QED) is 0.480. The summed E-state index contributed by atoms with van der Waals surface area (Å²) < 4.78 is 11.7. The Balaban J connectivity index is 1.04. The minimum absolute atomic E-state index is 0.0166. The van der Waals surface area contributed by atoms with Crippen molar-refractivity contribution < 1.29 is 19.1 Å². The van der Waals surface area contributed by atoms with E-state index in [0.29, 0.717) is 40.5 Å². The molecule has 0 spiro atoms. The molecule has 1 fully saturated rings. The van der Waals surface area contributed by atoms with Gasteiger partial charge in [0.1, 0.15) is 11.5 Å². The Kier molecular flexibility index (Phi) is 5.46. The van der Waals surface area contributed by atoms with E-state index < -0.39 is 0 Å². The van der Waals surface area contributed by atoms with Crippen LogP contribution in [-0.4, -0.2) is 59.5 Å². The molecular weight excluding hydrogens is 480 g/mol. The number of amides is 2. The number of hydrogen-bond acceptors (Lipinski definition) is 6. The lowest BCUT2D eigenvalue weighted by atomic mass is 9.94. The molecule has 4 aliphatic heterocycles. The molecule has 3 aromatic carbocycles. The predicted molar refractivity (Wildman–Crippen MR) is 143 cm³/mol. The maximum atomic E-state index is 13.4. The Hall–Kier alpha value is -4.46. The summed E-state index contributed by atoms with van der Waals surface area (Å²) in [5, 5.41) is 0. The normalized spacial score (nSPS) is 21.1. The van der Waals surface area contributed by atoms with Gasteiger partial charge in [0, 0.05) is 37.7 Å². The molecule has 0 bridgehead atoms. The fraction of sp³-hybridized carbons (Fsp3) is 0.267. The third-order valence-electron chi connectivity index (χ3n) is 7.73. The van der Waals surface area contributed by atoms with Crippen LogP contribution in [0.25, 0.3) is 0 Å². The zero-order valence-electron chi connectivity index (χ0n) is 20.7. The van der Waals surface area contributed by atoms with Crippen molar-refractivity contribution in [2.75, 3.05) is 13.3 Å². The minimum atomic E-state index is -0.0726. The molecule has 2 amide bonds. The molecule has 0 saturated carbocycles. The smallest absolute Gasteiger partial charge is 0.256 e. The molecule has 0 aliphatic carbocycles. The van der Waals surface area contributed by atoms with Gasteiger partial charge in [0.05, 0.1) is 34.6 Å². The van der Waals surface area contributed by atoms with Gasteiger partial charge in [-0.1, -0.05) is 24.3 Å². The first-order valence-corrected chi connectivity index (χ1v) is 12.9. The summed E-state index contributed by atoms with van der Waals surface area (Å²) in [6.07, 6.45) is 6.43. The van der Waals surface area contributed by atoms with Crippen LogP contribution < -0.4 is 9.47 Å². The fourth-order valence-corrected chi connectivity index (χ4v) is 5.69. The Labute approximate surface area is 220 Å². The maximum Gasteiger partial charge on any atom is 0.256 e. The van der Waals surface area contributed by atoms with Crippen molar-refractivity contribution in [3.8, 4) is 11.5 Å². The molecular formula is C30H26N4O4. The van der Waals surface area contributed by atoms with Gasteiger partial charge in [0.2, 0.25) is 6.79 Å². The summed E-state index contributed by atoms with van der Waals surface area (Å²) >= 11 is 0. The van der Waals surface area contributed by atoms with E-state index in [2.05, 4.69) is 22.1 Å². The fourth-order valence-electron chi connectivity index (χ4n) is 5.69. The molecule has 0 unspecified atom stereocenters. The van der Waals surface area contributed by atoms with Gasteiger partial charge in [0.15, 0.2) is 0 Å². The van der Waals surface area contributed by atoms with Crippen LogP contribution in [-0.2, 0) is 13.0 Å². The summed E-state index contributed by atoms with van der Waals surface area (Å²) in [5.74, 6) is 1.11. The van der Waals surface area contributed by atoms with Crippen molar-refractivity contribution in [1.82, 2.24) is 9.80 Å². The van der Waals surface area contributed by atoms with Crippen LogP contribution in [0.2, 0.25) is 0 Å². The monoisotopic (exact) mass is 506 g/mol. The molecule has 4 heterocycles. The van der Waals surface area contributed by atoms with E-state index in [1.54, 1.807) is 36.4 Å². The molecule has 3 aromatic rings. The largest absolute Gasteiger partial charge is 0.457 e. The topological polar surface area (TPSA) is 83.8 Å². The third kappa shape index (κ3) is 3.93. The molecule has 8 nitrogen and oxygen atoms in total. The zero-order valence-corrected chi connectivity index (χ0v) is 20.7. The van der Waals surface area contributed by atoms with Crippen molar-refractivity contribution in [2.24, 2.45) is 9.98 Å². The molecule has 0 N–H and O–H groups in total. The van der Waals surface area contributed by atoms with Crippen LogP contribution in [0.4, 0.5) is 11.4 Å². The van der Waals surface area contributed by atoms with Gasteiger partial charge in [0.25, 0.3) is 11.8 Å². The van der Waals surface area contributed by atoms with Crippen molar-refractivity contribution in [3.63, 3.8) is 0 Å². The third-order valence-corrected chi connectivity index (χ3v) is 7.73. The lowest BCUT2D eigenvalue weighted by Gasteiger charge is -2.34. The van der Waals surface area contributed by atoms with Gasteiger partial charge < -0.3 is 19.3 Å². The summed E-state index contributed by atoms with van der Waals surface area (Å²) in [7, 11) is 0. The molecule has 7 rings (SSSR count). The van der Waals surface area contributed by atoms with E-state index in [1.165, 1.54) is 11.1 Å². The molecule has 0 radical (unpaired) electrons. The van der Waals surface area contributed by atoms with Gasteiger partial charge >= 0.3 is 0 Å². The van der Waals surface area contributed by atoms with Crippen molar-refractivity contribution in [3.05, 3.63) is 82.9 Å². The highest BCUT2D eigenvalue weighted by Crippen LogP contribution is 2.34. The minimum Gasteiger partial charge on any atom is -0.457 e. The number of rotatable bonds is 4. The van der Waals surface area contributed by atoms with Crippen molar-refractivity contribution >= 4 is 35.6 Å². The Morgan fingerprint density at radius 1 is 0.763 bits per heavy atom. The first-order chi connectivity index (χ1) is 18.6. The highest BCUT2D eigenvalue weighted by Gasteiger charge is 2.33. The van der Waals surface area contributed by atoms with Gasteiger partial charge in [-0.2, -0.15) is 0 Å². The number of nitrogens with zero attached hydrogens (tertiary/aromatic N) is 4. The Morgan fingerprint density at radius 3 is 2.11 bits per heavy atom. The van der Waals surface area contributed by atoms with Gasteiger partial charge in [-0.3, -0.25) is 19.6 Å². The van der Waals surface area contributed by atoms with Crippen LogP contribution in [0.15, 0.2) is 70.6 Å². The average Bonchev–Trinajstić information content (AvgIpc) is 3.32. The van der Waals surface area contributed by atoms with E-state index >= 15 is 0 Å². The molecule has 190 valence electrons. The second-order valence-corrected chi connectivity index (χ2v) is 10.0. The summed E-state index contributed by atoms with van der Waals surface area (Å²) in [5.41, 5.74) is 4.78.